The quantitative estimate of drug-likeness (QED) is 0.443. The van der Waals surface area contributed by atoms with E-state index >= 15 is 0 Å². The van der Waals surface area contributed by atoms with E-state index in [1.165, 1.54) is 11.8 Å². The second-order valence-corrected chi connectivity index (χ2v) is 7.58. The number of hydrogen-bond donors (Lipinski definition) is 1. The van der Waals surface area contributed by atoms with Crippen molar-refractivity contribution in [2.24, 2.45) is 0 Å². The predicted molar refractivity (Wildman–Crippen MR) is 111 cm³/mol. The van der Waals surface area contributed by atoms with Gasteiger partial charge in [0.2, 0.25) is 5.91 Å². The Balaban J connectivity index is 1.50. The normalized spacial score (nSPS) is 11.0. The topological polar surface area (TPSA) is 77.6 Å². The van der Waals surface area contributed by atoms with Crippen molar-refractivity contribution in [2.45, 2.75) is 45.4 Å². The van der Waals surface area contributed by atoms with Gasteiger partial charge in [-0.05, 0) is 38.3 Å². The van der Waals surface area contributed by atoms with E-state index in [0.29, 0.717) is 12.3 Å². The fraction of sp³-hybridized carbons (Fsp3) is 0.400. The number of nitrogens with zero attached hydrogens (tertiary/aromatic N) is 5. The predicted octanol–water partition coefficient (Wildman–Crippen LogP) is 3.08. The molecule has 0 aliphatic carbocycles. The number of thioether (sulfide) groups is 1. The third kappa shape index (κ3) is 5.01. The largest absolute Gasteiger partial charge is 0.355 e. The van der Waals surface area contributed by atoms with Crippen molar-refractivity contribution < 1.29 is 4.79 Å². The third-order valence-corrected chi connectivity index (χ3v) is 5.37. The fourth-order valence-corrected chi connectivity index (χ4v) is 3.78. The average Bonchev–Trinajstić information content (AvgIpc) is 3.29. The Hall–Kier alpha value is -2.61. The number of carbonyl (C=O) groups excluding carboxylic acids is 1. The molecule has 3 rings (SSSR count). The monoisotopic (exact) mass is 398 g/mol. The van der Waals surface area contributed by atoms with E-state index in [4.69, 9.17) is 0 Å². The number of hydrogen-bond acceptors (Lipinski definition) is 5. The molecule has 0 fully saturated rings. The molecule has 1 N–H and O–H groups in total. The lowest BCUT2D eigenvalue weighted by Gasteiger charge is -2.09. The Kier molecular flexibility index (Phi) is 6.86. The van der Waals surface area contributed by atoms with Crippen LogP contribution in [0, 0.1) is 13.8 Å². The first-order valence-corrected chi connectivity index (χ1v) is 10.4. The summed E-state index contributed by atoms with van der Waals surface area (Å²) in [5.74, 6) is 1.18. The van der Waals surface area contributed by atoms with E-state index < -0.39 is 0 Å². The van der Waals surface area contributed by atoms with Crippen LogP contribution in [0.15, 0.2) is 41.8 Å². The summed E-state index contributed by atoms with van der Waals surface area (Å²) in [6, 6.07) is 8.13. The molecule has 0 spiro atoms. The summed E-state index contributed by atoms with van der Waals surface area (Å²) < 4.78 is 3.95. The van der Waals surface area contributed by atoms with Crippen LogP contribution in [0.5, 0.6) is 0 Å². The van der Waals surface area contributed by atoms with Crippen molar-refractivity contribution in [1.82, 2.24) is 29.9 Å². The molecule has 0 aliphatic rings. The van der Waals surface area contributed by atoms with E-state index in [1.54, 1.807) is 0 Å². The molecule has 2 aromatic heterocycles. The SMILES string of the molecule is CCn1c(SCC(=O)NCCCn2cc(C)cn2)nnc1-c1ccccc1C. The third-order valence-electron chi connectivity index (χ3n) is 4.40. The molecule has 0 bridgehead atoms. The Morgan fingerprint density at radius 2 is 2.04 bits per heavy atom. The highest BCUT2D eigenvalue weighted by Gasteiger charge is 2.15. The minimum absolute atomic E-state index is 0.00439. The molecule has 1 amide bonds. The van der Waals surface area contributed by atoms with Gasteiger partial charge in [-0.25, -0.2) is 0 Å². The van der Waals surface area contributed by atoms with Crippen LogP contribution < -0.4 is 5.32 Å². The molecule has 148 valence electrons. The summed E-state index contributed by atoms with van der Waals surface area (Å²) in [6.45, 7) is 8.32. The molecule has 3 aromatic rings. The average molecular weight is 399 g/mol. The number of rotatable bonds is 9. The highest BCUT2D eigenvalue weighted by Crippen LogP contribution is 2.26. The zero-order chi connectivity index (χ0) is 19.9. The van der Waals surface area contributed by atoms with E-state index in [9.17, 15) is 4.79 Å². The molecule has 7 nitrogen and oxygen atoms in total. The van der Waals surface area contributed by atoms with E-state index in [2.05, 4.69) is 45.1 Å². The number of aryl methyl sites for hydroxylation is 3. The Labute approximate surface area is 169 Å². The highest BCUT2D eigenvalue weighted by molar-refractivity contribution is 7.99. The Bertz CT molecular complexity index is 932. The lowest BCUT2D eigenvalue weighted by atomic mass is 10.1. The summed E-state index contributed by atoms with van der Waals surface area (Å²) in [6.07, 6.45) is 4.69. The first-order chi connectivity index (χ1) is 13.6. The van der Waals surface area contributed by atoms with Gasteiger partial charge in [-0.3, -0.25) is 9.48 Å². The van der Waals surface area contributed by atoms with Gasteiger partial charge >= 0.3 is 0 Å². The molecule has 0 radical (unpaired) electrons. The molecule has 0 atom stereocenters. The van der Waals surface area contributed by atoms with Crippen LogP contribution in [-0.2, 0) is 17.9 Å². The molecular weight excluding hydrogens is 372 g/mol. The standard InChI is InChI=1S/C20H26N6OS/c1-4-26-19(17-9-6-5-8-16(17)3)23-24-20(26)28-14-18(27)21-10-7-11-25-13-15(2)12-22-25/h5-6,8-9,12-13H,4,7,10-11,14H2,1-3H3,(H,21,27). The lowest BCUT2D eigenvalue weighted by Crippen LogP contribution is -2.27. The highest BCUT2D eigenvalue weighted by atomic mass is 32.2. The van der Waals surface area contributed by atoms with Gasteiger partial charge in [0.15, 0.2) is 11.0 Å². The molecule has 8 heteroatoms. The molecule has 0 unspecified atom stereocenters. The van der Waals surface area contributed by atoms with E-state index in [0.717, 1.165) is 47.2 Å². The summed E-state index contributed by atoms with van der Waals surface area (Å²) in [7, 11) is 0. The van der Waals surface area contributed by atoms with Gasteiger partial charge in [0.25, 0.3) is 0 Å². The number of carbonyl (C=O) groups is 1. The molecular formula is C20H26N6OS. The summed E-state index contributed by atoms with van der Waals surface area (Å²) >= 11 is 1.42. The fourth-order valence-electron chi connectivity index (χ4n) is 2.94. The zero-order valence-corrected chi connectivity index (χ0v) is 17.4. The zero-order valence-electron chi connectivity index (χ0n) is 16.6. The van der Waals surface area contributed by atoms with Crippen LogP contribution in [0.2, 0.25) is 0 Å². The van der Waals surface area contributed by atoms with E-state index in [-0.39, 0.29) is 5.91 Å². The maximum Gasteiger partial charge on any atom is 0.230 e. The Morgan fingerprint density at radius 3 is 2.75 bits per heavy atom. The van der Waals surface area contributed by atoms with Crippen LogP contribution >= 0.6 is 11.8 Å². The van der Waals surface area contributed by atoms with Crippen LogP contribution in [-0.4, -0.2) is 42.7 Å². The first kappa shape index (κ1) is 20.1. The van der Waals surface area contributed by atoms with Crippen LogP contribution in [0.25, 0.3) is 11.4 Å². The van der Waals surface area contributed by atoms with Gasteiger partial charge in [0.1, 0.15) is 0 Å². The second-order valence-electron chi connectivity index (χ2n) is 6.64. The summed E-state index contributed by atoms with van der Waals surface area (Å²) in [5, 5.41) is 16.6. The van der Waals surface area contributed by atoms with Crippen LogP contribution in [0.4, 0.5) is 0 Å². The van der Waals surface area contributed by atoms with Crippen LogP contribution in [0.3, 0.4) is 0 Å². The van der Waals surface area contributed by atoms with Crippen molar-refractivity contribution in [3.63, 3.8) is 0 Å². The number of amides is 1. The molecule has 0 saturated carbocycles. The molecule has 0 aliphatic heterocycles. The second kappa shape index (κ2) is 9.54. The first-order valence-electron chi connectivity index (χ1n) is 9.46. The van der Waals surface area contributed by atoms with E-state index in [1.807, 2.05) is 42.2 Å². The minimum atomic E-state index is 0.00439. The maximum absolute atomic E-state index is 12.2. The minimum Gasteiger partial charge on any atom is -0.355 e. The number of benzene rings is 1. The van der Waals surface area contributed by atoms with Crippen LogP contribution in [0.1, 0.15) is 24.5 Å². The molecule has 28 heavy (non-hydrogen) atoms. The maximum atomic E-state index is 12.2. The van der Waals surface area contributed by atoms with Gasteiger partial charge in [-0.2, -0.15) is 5.10 Å². The van der Waals surface area contributed by atoms with Crippen molar-refractivity contribution in [1.29, 1.82) is 0 Å². The lowest BCUT2D eigenvalue weighted by molar-refractivity contribution is -0.118. The van der Waals surface area contributed by atoms with Gasteiger partial charge in [-0.15, -0.1) is 10.2 Å². The van der Waals surface area contributed by atoms with Gasteiger partial charge in [0.05, 0.1) is 11.9 Å². The Morgan fingerprint density at radius 1 is 1.21 bits per heavy atom. The smallest absolute Gasteiger partial charge is 0.230 e. The molecule has 0 saturated heterocycles. The van der Waals surface area contributed by atoms with Crippen molar-refractivity contribution >= 4 is 17.7 Å². The number of nitrogens with one attached hydrogen (secondary N) is 1. The van der Waals surface area contributed by atoms with Gasteiger partial charge < -0.3 is 9.88 Å². The summed E-state index contributed by atoms with van der Waals surface area (Å²) in [5.41, 5.74) is 3.37. The summed E-state index contributed by atoms with van der Waals surface area (Å²) in [4.78, 5) is 12.2. The van der Waals surface area contributed by atoms with Crippen molar-refractivity contribution in [3.05, 3.63) is 47.8 Å². The molecule has 1 aromatic carbocycles. The van der Waals surface area contributed by atoms with Gasteiger partial charge in [0, 0.05) is 31.4 Å². The number of aromatic nitrogens is 5. The van der Waals surface area contributed by atoms with Crippen molar-refractivity contribution in [2.75, 3.05) is 12.3 Å². The molecule has 2 heterocycles. The van der Waals surface area contributed by atoms with Crippen molar-refractivity contribution in [3.8, 4) is 11.4 Å². The van der Waals surface area contributed by atoms with Gasteiger partial charge in [-0.1, -0.05) is 36.0 Å².